The molecular formula is C21H44O3Si. The molecule has 0 aromatic carbocycles. The molecule has 150 valence electrons. The molecule has 0 saturated heterocycles. The smallest absolute Gasteiger partial charge is 0.377 e. The lowest BCUT2D eigenvalue weighted by atomic mass is 10.0. The molecule has 0 saturated carbocycles. The van der Waals surface area contributed by atoms with Gasteiger partial charge in [-0.1, -0.05) is 96.5 Å². The fraction of sp³-hybridized carbons (Fsp3) is 0.905. The van der Waals surface area contributed by atoms with E-state index < -0.39 is 8.80 Å². The summed E-state index contributed by atoms with van der Waals surface area (Å²) < 4.78 is 16.9. The minimum absolute atomic E-state index is 0.506. The van der Waals surface area contributed by atoms with Gasteiger partial charge in [0.05, 0.1) is 6.61 Å². The van der Waals surface area contributed by atoms with Gasteiger partial charge in [0.15, 0.2) is 0 Å². The summed E-state index contributed by atoms with van der Waals surface area (Å²) in [6.45, 7) is 6.48. The number of unbranched alkanes of at least 4 members (excludes halogenated alkanes) is 13. The van der Waals surface area contributed by atoms with Gasteiger partial charge < -0.3 is 13.3 Å². The maximum atomic E-state index is 5.77. The maximum Gasteiger partial charge on any atom is 0.500 e. The van der Waals surface area contributed by atoms with Crippen LogP contribution in [-0.4, -0.2) is 29.6 Å². The molecule has 0 aliphatic carbocycles. The Morgan fingerprint density at radius 1 is 0.680 bits per heavy atom. The summed E-state index contributed by atoms with van der Waals surface area (Å²) in [5, 5.41) is 0. The zero-order chi connectivity index (χ0) is 18.6. The highest BCUT2D eigenvalue weighted by atomic mass is 28.4. The van der Waals surface area contributed by atoms with Crippen molar-refractivity contribution in [1.29, 1.82) is 0 Å². The molecule has 0 bridgehead atoms. The molecule has 0 atom stereocenters. The van der Waals surface area contributed by atoms with E-state index in [0.717, 1.165) is 12.5 Å². The average Bonchev–Trinajstić information content (AvgIpc) is 2.65. The molecule has 0 fully saturated rings. The molecule has 0 aliphatic rings. The van der Waals surface area contributed by atoms with Crippen LogP contribution in [-0.2, 0) is 13.3 Å². The van der Waals surface area contributed by atoms with Crippen LogP contribution < -0.4 is 0 Å². The third-order valence-corrected chi connectivity index (χ3v) is 7.70. The summed E-state index contributed by atoms with van der Waals surface area (Å²) in [5.74, 6) is 0. The van der Waals surface area contributed by atoms with E-state index in [-0.39, 0.29) is 0 Å². The summed E-state index contributed by atoms with van der Waals surface area (Å²) in [7, 11) is 0.956. The Bertz CT molecular complexity index is 280. The SMILES string of the molecule is C=CCO[Si](CCCCCCCCCCCCCCCC)(OC)OC. The van der Waals surface area contributed by atoms with Gasteiger partial charge in [0.2, 0.25) is 0 Å². The van der Waals surface area contributed by atoms with Gasteiger partial charge in [-0.15, -0.1) is 6.58 Å². The standard InChI is InChI=1S/C21H44O3Si/c1-5-7-8-9-10-11-12-13-14-15-16-17-18-19-21-25(22-3,23-4)24-20-6-2/h6H,2,5,7-21H2,1,3-4H3. The van der Waals surface area contributed by atoms with Gasteiger partial charge in [-0.2, -0.15) is 0 Å². The Morgan fingerprint density at radius 3 is 1.44 bits per heavy atom. The highest BCUT2D eigenvalue weighted by Gasteiger charge is 2.37. The highest BCUT2D eigenvalue weighted by molar-refractivity contribution is 6.60. The van der Waals surface area contributed by atoms with Gasteiger partial charge in [0.1, 0.15) is 0 Å². The van der Waals surface area contributed by atoms with Crippen LogP contribution in [0.25, 0.3) is 0 Å². The van der Waals surface area contributed by atoms with E-state index in [2.05, 4.69) is 13.5 Å². The number of hydrogen-bond acceptors (Lipinski definition) is 3. The van der Waals surface area contributed by atoms with Crippen molar-refractivity contribution in [3.05, 3.63) is 12.7 Å². The van der Waals surface area contributed by atoms with Gasteiger partial charge in [0.25, 0.3) is 0 Å². The second-order valence-corrected chi connectivity index (χ2v) is 10.0. The second-order valence-electron chi connectivity index (χ2n) is 7.04. The molecule has 3 nitrogen and oxygen atoms in total. The van der Waals surface area contributed by atoms with Crippen molar-refractivity contribution in [1.82, 2.24) is 0 Å². The third kappa shape index (κ3) is 14.7. The van der Waals surface area contributed by atoms with Gasteiger partial charge in [-0.25, -0.2) is 0 Å². The fourth-order valence-corrected chi connectivity index (χ4v) is 5.21. The third-order valence-electron chi connectivity index (χ3n) is 4.88. The van der Waals surface area contributed by atoms with Crippen LogP contribution >= 0.6 is 0 Å². The largest absolute Gasteiger partial charge is 0.500 e. The Morgan fingerprint density at radius 2 is 1.08 bits per heavy atom. The molecule has 0 aliphatic heterocycles. The zero-order valence-electron chi connectivity index (χ0n) is 17.3. The predicted octanol–water partition coefficient (Wildman–Crippen LogP) is 6.90. The Hall–Kier alpha value is -0.163. The molecule has 0 aromatic heterocycles. The summed E-state index contributed by atoms with van der Waals surface area (Å²) in [4.78, 5) is 0. The van der Waals surface area contributed by atoms with Crippen LogP contribution in [0.5, 0.6) is 0 Å². The molecule has 0 rings (SSSR count). The topological polar surface area (TPSA) is 27.7 Å². The summed E-state index contributed by atoms with van der Waals surface area (Å²) in [5.41, 5.74) is 0. The van der Waals surface area contributed by atoms with Crippen molar-refractivity contribution in [3.63, 3.8) is 0 Å². The van der Waals surface area contributed by atoms with Crippen LogP contribution in [0.4, 0.5) is 0 Å². The minimum atomic E-state index is -2.44. The predicted molar refractivity (Wildman–Crippen MR) is 111 cm³/mol. The molecular weight excluding hydrogens is 328 g/mol. The van der Waals surface area contributed by atoms with Gasteiger partial charge >= 0.3 is 8.80 Å². The van der Waals surface area contributed by atoms with Crippen LogP contribution in [0.3, 0.4) is 0 Å². The lowest BCUT2D eigenvalue weighted by Crippen LogP contribution is -2.43. The first-order valence-electron chi connectivity index (χ1n) is 10.6. The summed E-state index contributed by atoms with van der Waals surface area (Å²) in [6.07, 6.45) is 21.0. The molecule has 0 radical (unpaired) electrons. The van der Waals surface area contributed by atoms with E-state index in [1.165, 1.54) is 83.5 Å². The van der Waals surface area contributed by atoms with Crippen molar-refractivity contribution < 1.29 is 13.3 Å². The highest BCUT2D eigenvalue weighted by Crippen LogP contribution is 2.19. The molecule has 0 spiro atoms. The Labute approximate surface area is 158 Å². The van der Waals surface area contributed by atoms with Gasteiger partial charge in [-0.3, -0.25) is 0 Å². The first-order valence-corrected chi connectivity index (χ1v) is 12.5. The molecule has 0 heterocycles. The molecule has 0 N–H and O–H groups in total. The van der Waals surface area contributed by atoms with Gasteiger partial charge in [0, 0.05) is 20.3 Å². The van der Waals surface area contributed by atoms with Crippen LogP contribution in [0, 0.1) is 0 Å². The summed E-state index contributed by atoms with van der Waals surface area (Å²) >= 11 is 0. The van der Waals surface area contributed by atoms with Crippen molar-refractivity contribution in [2.45, 2.75) is 103 Å². The van der Waals surface area contributed by atoms with E-state index in [1.807, 2.05) is 0 Å². The van der Waals surface area contributed by atoms with E-state index in [0.29, 0.717) is 6.61 Å². The van der Waals surface area contributed by atoms with E-state index in [9.17, 15) is 0 Å². The minimum Gasteiger partial charge on any atom is -0.377 e. The monoisotopic (exact) mass is 372 g/mol. The molecule has 0 amide bonds. The molecule has 0 unspecified atom stereocenters. The maximum absolute atomic E-state index is 5.77. The Balaban J connectivity index is 3.41. The van der Waals surface area contributed by atoms with Crippen molar-refractivity contribution in [3.8, 4) is 0 Å². The second kappa shape index (κ2) is 18.6. The fourth-order valence-electron chi connectivity index (χ4n) is 3.20. The summed E-state index contributed by atoms with van der Waals surface area (Å²) in [6, 6.07) is 0.909. The van der Waals surface area contributed by atoms with E-state index in [4.69, 9.17) is 13.3 Å². The first-order chi connectivity index (χ1) is 12.2. The normalized spacial score (nSPS) is 11.8. The lowest BCUT2D eigenvalue weighted by molar-refractivity contribution is 0.109. The molecule has 25 heavy (non-hydrogen) atoms. The molecule has 4 heteroatoms. The van der Waals surface area contributed by atoms with E-state index in [1.54, 1.807) is 20.3 Å². The van der Waals surface area contributed by atoms with Crippen molar-refractivity contribution >= 4 is 8.80 Å². The number of hydrogen-bond donors (Lipinski definition) is 0. The lowest BCUT2D eigenvalue weighted by Gasteiger charge is -2.25. The van der Waals surface area contributed by atoms with Crippen LogP contribution in [0.1, 0.15) is 96.8 Å². The van der Waals surface area contributed by atoms with Crippen LogP contribution in [0.15, 0.2) is 12.7 Å². The molecule has 0 aromatic rings. The zero-order valence-corrected chi connectivity index (χ0v) is 18.3. The van der Waals surface area contributed by atoms with E-state index >= 15 is 0 Å². The van der Waals surface area contributed by atoms with Crippen molar-refractivity contribution in [2.75, 3.05) is 20.8 Å². The Kier molecular flexibility index (Phi) is 18.5. The van der Waals surface area contributed by atoms with Crippen molar-refractivity contribution in [2.24, 2.45) is 0 Å². The number of rotatable bonds is 20. The van der Waals surface area contributed by atoms with Crippen LogP contribution in [0.2, 0.25) is 6.04 Å². The first kappa shape index (κ1) is 24.8. The quantitative estimate of drug-likeness (QED) is 0.132. The average molecular weight is 373 g/mol. The van der Waals surface area contributed by atoms with Gasteiger partial charge in [-0.05, 0) is 6.42 Å².